The normalized spacial score (nSPS) is 14.1. The van der Waals surface area contributed by atoms with Gasteiger partial charge in [-0.25, -0.2) is 0 Å². The van der Waals surface area contributed by atoms with E-state index in [4.69, 9.17) is 0 Å². The Morgan fingerprint density at radius 2 is 1.44 bits per heavy atom. The second-order valence-corrected chi connectivity index (χ2v) is 4.62. The highest BCUT2D eigenvalue weighted by Gasteiger charge is 2.10. The number of rotatable bonds is 4. The van der Waals surface area contributed by atoms with Crippen LogP contribution in [-0.4, -0.2) is 5.11 Å². The van der Waals surface area contributed by atoms with Gasteiger partial charge in [0.2, 0.25) is 0 Å². The molecule has 2 nitrogen and oxygen atoms in total. The first-order chi connectivity index (χ1) is 8.66. The zero-order valence-electron chi connectivity index (χ0n) is 10.8. The van der Waals surface area contributed by atoms with Gasteiger partial charge in [0.1, 0.15) is 5.75 Å². The molecule has 2 rings (SSSR count). The van der Waals surface area contributed by atoms with Crippen molar-refractivity contribution in [1.82, 2.24) is 5.32 Å². The molecule has 0 radical (unpaired) electrons. The van der Waals surface area contributed by atoms with Gasteiger partial charge in [0, 0.05) is 12.1 Å². The first kappa shape index (κ1) is 12.7. The van der Waals surface area contributed by atoms with Gasteiger partial charge in [-0.1, -0.05) is 42.5 Å². The summed E-state index contributed by atoms with van der Waals surface area (Å²) in [4.78, 5) is 0. The van der Waals surface area contributed by atoms with E-state index >= 15 is 0 Å². The van der Waals surface area contributed by atoms with Crippen LogP contribution in [0.4, 0.5) is 0 Å². The summed E-state index contributed by atoms with van der Waals surface area (Å²) in [6.07, 6.45) is 0. The molecule has 0 saturated carbocycles. The molecule has 2 atom stereocenters. The number of nitrogens with one attached hydrogen (secondary N) is 1. The van der Waals surface area contributed by atoms with Crippen LogP contribution in [0.1, 0.15) is 37.1 Å². The van der Waals surface area contributed by atoms with Crippen LogP contribution >= 0.6 is 0 Å². The van der Waals surface area contributed by atoms with Crippen molar-refractivity contribution in [3.8, 4) is 5.75 Å². The minimum Gasteiger partial charge on any atom is -0.508 e. The predicted molar refractivity (Wildman–Crippen MR) is 74.5 cm³/mol. The van der Waals surface area contributed by atoms with Crippen LogP contribution < -0.4 is 5.32 Å². The lowest BCUT2D eigenvalue weighted by molar-refractivity contribution is 0.466. The smallest absolute Gasteiger partial charge is 0.115 e. The lowest BCUT2D eigenvalue weighted by Gasteiger charge is -2.20. The van der Waals surface area contributed by atoms with Crippen molar-refractivity contribution in [2.75, 3.05) is 0 Å². The summed E-state index contributed by atoms with van der Waals surface area (Å²) in [5, 5.41) is 13.0. The van der Waals surface area contributed by atoms with Gasteiger partial charge in [0.25, 0.3) is 0 Å². The van der Waals surface area contributed by atoms with Crippen LogP contribution in [0, 0.1) is 0 Å². The maximum Gasteiger partial charge on any atom is 0.115 e. The Kier molecular flexibility index (Phi) is 4.00. The van der Waals surface area contributed by atoms with Gasteiger partial charge in [0.15, 0.2) is 0 Å². The lowest BCUT2D eigenvalue weighted by Crippen LogP contribution is -2.22. The highest BCUT2D eigenvalue weighted by atomic mass is 16.3. The fourth-order valence-electron chi connectivity index (χ4n) is 2.10. The van der Waals surface area contributed by atoms with Gasteiger partial charge >= 0.3 is 0 Å². The van der Waals surface area contributed by atoms with Crippen LogP contribution in [0.2, 0.25) is 0 Å². The average Bonchev–Trinajstić information content (AvgIpc) is 2.39. The van der Waals surface area contributed by atoms with Crippen LogP contribution in [0.25, 0.3) is 0 Å². The maximum absolute atomic E-state index is 9.49. The molecule has 0 unspecified atom stereocenters. The lowest BCUT2D eigenvalue weighted by atomic mass is 10.0. The summed E-state index contributed by atoms with van der Waals surface area (Å²) in [5.41, 5.74) is 2.36. The van der Waals surface area contributed by atoms with Gasteiger partial charge in [-0.3, -0.25) is 0 Å². The molecule has 0 aliphatic rings. The average molecular weight is 241 g/mol. The van der Waals surface area contributed by atoms with E-state index in [0.717, 1.165) is 5.56 Å². The van der Waals surface area contributed by atoms with E-state index in [0.29, 0.717) is 5.75 Å². The zero-order valence-corrected chi connectivity index (χ0v) is 10.8. The van der Waals surface area contributed by atoms with Crippen molar-refractivity contribution in [2.24, 2.45) is 0 Å². The minimum atomic E-state index is 0.201. The van der Waals surface area contributed by atoms with Crippen LogP contribution in [0.15, 0.2) is 54.6 Å². The molecule has 2 heteroatoms. The summed E-state index contributed by atoms with van der Waals surface area (Å²) in [5.74, 6) is 0.313. The fourth-order valence-corrected chi connectivity index (χ4v) is 2.10. The summed E-state index contributed by atoms with van der Waals surface area (Å²) >= 11 is 0. The molecule has 2 N–H and O–H groups in total. The van der Waals surface area contributed by atoms with Gasteiger partial charge in [-0.2, -0.15) is 0 Å². The number of phenols is 1. The van der Waals surface area contributed by atoms with E-state index in [1.165, 1.54) is 5.56 Å². The third-order valence-corrected chi connectivity index (χ3v) is 3.17. The number of phenolic OH excluding ortho intramolecular Hbond substituents is 1. The van der Waals surface area contributed by atoms with Crippen molar-refractivity contribution in [1.29, 1.82) is 0 Å². The second-order valence-electron chi connectivity index (χ2n) is 4.62. The van der Waals surface area contributed by atoms with Crippen molar-refractivity contribution < 1.29 is 5.11 Å². The van der Waals surface area contributed by atoms with Crippen LogP contribution in [0.3, 0.4) is 0 Å². The molecule has 2 aromatic carbocycles. The fraction of sp³-hybridized carbons (Fsp3) is 0.250. The predicted octanol–water partition coefficient (Wildman–Crippen LogP) is 3.80. The van der Waals surface area contributed by atoms with E-state index in [1.54, 1.807) is 12.1 Å². The minimum absolute atomic E-state index is 0.201. The highest BCUT2D eigenvalue weighted by Crippen LogP contribution is 2.21. The summed E-state index contributed by atoms with van der Waals surface area (Å²) in [7, 11) is 0. The molecular formula is C16H19NO. The molecule has 2 aromatic rings. The summed E-state index contributed by atoms with van der Waals surface area (Å²) in [6, 6.07) is 18.2. The number of benzene rings is 2. The topological polar surface area (TPSA) is 32.3 Å². The highest BCUT2D eigenvalue weighted by molar-refractivity contribution is 5.29. The van der Waals surface area contributed by atoms with Crippen LogP contribution in [0.5, 0.6) is 5.75 Å². The molecule has 0 heterocycles. The van der Waals surface area contributed by atoms with E-state index in [1.807, 2.05) is 30.3 Å². The Bertz CT molecular complexity index is 495. The standard InChI is InChI=1S/C16H19NO/c1-12(14-7-4-3-5-8-14)17-13(2)15-9-6-10-16(18)11-15/h3-13,17-18H,1-2H3/t12-,13-/m0/s1. The Morgan fingerprint density at radius 3 is 2.11 bits per heavy atom. The molecule has 0 bridgehead atoms. The number of hydrogen-bond acceptors (Lipinski definition) is 2. The monoisotopic (exact) mass is 241 g/mol. The molecule has 0 aromatic heterocycles. The largest absolute Gasteiger partial charge is 0.508 e. The first-order valence-electron chi connectivity index (χ1n) is 6.27. The first-order valence-corrected chi connectivity index (χ1v) is 6.27. The number of hydrogen-bond donors (Lipinski definition) is 2. The Labute approximate surface area is 108 Å². The number of aromatic hydroxyl groups is 1. The zero-order chi connectivity index (χ0) is 13.0. The van der Waals surface area contributed by atoms with E-state index in [-0.39, 0.29) is 12.1 Å². The van der Waals surface area contributed by atoms with Crippen molar-refractivity contribution in [2.45, 2.75) is 25.9 Å². The Balaban J connectivity index is 2.05. The molecular weight excluding hydrogens is 222 g/mol. The quantitative estimate of drug-likeness (QED) is 0.853. The van der Waals surface area contributed by atoms with Crippen molar-refractivity contribution in [3.63, 3.8) is 0 Å². The molecule has 0 aliphatic heterocycles. The molecule has 0 spiro atoms. The molecule has 94 valence electrons. The van der Waals surface area contributed by atoms with Gasteiger partial charge in [0.05, 0.1) is 0 Å². The summed E-state index contributed by atoms with van der Waals surface area (Å²) < 4.78 is 0. The third-order valence-electron chi connectivity index (χ3n) is 3.17. The Hall–Kier alpha value is -1.80. The molecule has 0 fully saturated rings. The summed E-state index contributed by atoms with van der Waals surface area (Å²) in [6.45, 7) is 4.25. The third kappa shape index (κ3) is 3.11. The molecule has 18 heavy (non-hydrogen) atoms. The van der Waals surface area contributed by atoms with Crippen LogP contribution in [-0.2, 0) is 0 Å². The Morgan fingerprint density at radius 1 is 0.833 bits per heavy atom. The molecule has 0 aliphatic carbocycles. The van der Waals surface area contributed by atoms with Gasteiger partial charge < -0.3 is 10.4 Å². The van der Waals surface area contributed by atoms with Crippen molar-refractivity contribution >= 4 is 0 Å². The maximum atomic E-state index is 9.49. The van der Waals surface area contributed by atoms with Gasteiger partial charge in [-0.05, 0) is 37.1 Å². The van der Waals surface area contributed by atoms with E-state index < -0.39 is 0 Å². The van der Waals surface area contributed by atoms with E-state index in [9.17, 15) is 5.11 Å². The second kappa shape index (κ2) is 5.69. The van der Waals surface area contributed by atoms with Crippen molar-refractivity contribution in [3.05, 3.63) is 65.7 Å². The van der Waals surface area contributed by atoms with Gasteiger partial charge in [-0.15, -0.1) is 0 Å². The molecule has 0 saturated heterocycles. The SMILES string of the molecule is C[C@H](N[C@@H](C)c1cccc(O)c1)c1ccccc1. The molecule has 0 amide bonds. The van der Waals surface area contributed by atoms with E-state index in [2.05, 4.69) is 31.3 Å².